The SMILES string of the molecule is O=C(O)CCCCC(=O)NCc1ccccc1-c1ccc([C@@H]2O[C@H](CN3CCOCC3)C[C@H](c3ccc(CO)cc3)O2)cc1. The van der Waals surface area contributed by atoms with Crippen molar-refractivity contribution in [2.24, 2.45) is 0 Å². The number of carbonyl (C=O) groups is 2. The van der Waals surface area contributed by atoms with Gasteiger partial charge in [0.2, 0.25) is 5.91 Å². The van der Waals surface area contributed by atoms with Gasteiger partial charge in [0.05, 0.1) is 32.0 Å². The van der Waals surface area contributed by atoms with Crippen molar-refractivity contribution in [1.29, 1.82) is 0 Å². The number of nitrogens with zero attached hydrogens (tertiary/aromatic N) is 1. The number of aliphatic carboxylic acids is 1. The molecule has 0 radical (unpaired) electrons. The number of hydrogen-bond acceptors (Lipinski definition) is 7. The van der Waals surface area contributed by atoms with Gasteiger partial charge in [-0.2, -0.15) is 0 Å². The first-order valence-electron chi connectivity index (χ1n) is 15.5. The predicted octanol–water partition coefficient (Wildman–Crippen LogP) is 4.98. The van der Waals surface area contributed by atoms with E-state index in [4.69, 9.17) is 19.3 Å². The molecular formula is C35H42N2O7. The average Bonchev–Trinajstić information content (AvgIpc) is 3.06. The van der Waals surface area contributed by atoms with Crippen LogP contribution in [0.25, 0.3) is 11.1 Å². The lowest BCUT2D eigenvalue weighted by Gasteiger charge is -2.39. The Kier molecular flexibility index (Phi) is 11.5. The molecule has 3 aromatic rings. The Labute approximate surface area is 258 Å². The first-order valence-corrected chi connectivity index (χ1v) is 15.5. The molecule has 3 aromatic carbocycles. The zero-order valence-electron chi connectivity index (χ0n) is 25.0. The smallest absolute Gasteiger partial charge is 0.303 e. The maximum Gasteiger partial charge on any atom is 0.303 e. The molecule has 0 aliphatic carbocycles. The van der Waals surface area contributed by atoms with Crippen LogP contribution >= 0.6 is 0 Å². The summed E-state index contributed by atoms with van der Waals surface area (Å²) >= 11 is 0. The van der Waals surface area contributed by atoms with Crippen LogP contribution in [0.1, 0.15) is 66.8 Å². The van der Waals surface area contributed by atoms with Crippen molar-refractivity contribution >= 4 is 11.9 Å². The van der Waals surface area contributed by atoms with Crippen molar-refractivity contribution in [3.63, 3.8) is 0 Å². The van der Waals surface area contributed by atoms with Gasteiger partial charge in [0.15, 0.2) is 6.29 Å². The summed E-state index contributed by atoms with van der Waals surface area (Å²) < 4.78 is 18.6. The van der Waals surface area contributed by atoms with Crippen molar-refractivity contribution in [2.75, 3.05) is 32.8 Å². The summed E-state index contributed by atoms with van der Waals surface area (Å²) in [7, 11) is 0. The highest BCUT2D eigenvalue weighted by molar-refractivity contribution is 5.76. The number of carbonyl (C=O) groups excluding carboxylic acids is 1. The third kappa shape index (κ3) is 8.97. The van der Waals surface area contributed by atoms with Gasteiger partial charge < -0.3 is 29.7 Å². The van der Waals surface area contributed by atoms with Crippen LogP contribution < -0.4 is 5.32 Å². The molecule has 0 unspecified atom stereocenters. The fraction of sp³-hybridized carbons (Fsp3) is 0.429. The Morgan fingerprint density at radius 2 is 1.57 bits per heavy atom. The quantitative estimate of drug-likeness (QED) is 0.235. The van der Waals surface area contributed by atoms with Crippen LogP contribution in [-0.2, 0) is 37.0 Å². The number of rotatable bonds is 13. The Bertz CT molecular complexity index is 1360. The Balaban J connectivity index is 1.26. The summed E-state index contributed by atoms with van der Waals surface area (Å²) in [4.78, 5) is 25.4. The molecule has 5 rings (SSSR count). The van der Waals surface area contributed by atoms with Gasteiger partial charge in [0, 0.05) is 51.0 Å². The van der Waals surface area contributed by atoms with Gasteiger partial charge >= 0.3 is 5.97 Å². The fourth-order valence-corrected chi connectivity index (χ4v) is 5.72. The topological polar surface area (TPSA) is 118 Å². The number of hydrogen-bond donors (Lipinski definition) is 3. The minimum Gasteiger partial charge on any atom is -0.481 e. The van der Waals surface area contributed by atoms with Gasteiger partial charge in [-0.3, -0.25) is 14.5 Å². The van der Waals surface area contributed by atoms with E-state index in [0.29, 0.717) is 25.8 Å². The highest BCUT2D eigenvalue weighted by Crippen LogP contribution is 2.39. The minimum absolute atomic E-state index is 0.00758. The number of aliphatic hydroxyl groups excluding tert-OH is 1. The van der Waals surface area contributed by atoms with Gasteiger partial charge in [-0.15, -0.1) is 0 Å². The Morgan fingerprint density at radius 1 is 0.864 bits per heavy atom. The molecule has 0 bridgehead atoms. The summed E-state index contributed by atoms with van der Waals surface area (Å²) in [6.07, 6.45) is 1.49. The van der Waals surface area contributed by atoms with E-state index in [1.165, 1.54) is 0 Å². The van der Waals surface area contributed by atoms with E-state index in [-0.39, 0.29) is 31.1 Å². The van der Waals surface area contributed by atoms with Crippen LogP contribution in [0.2, 0.25) is 0 Å². The summed E-state index contributed by atoms with van der Waals surface area (Å²) in [5.41, 5.74) is 5.93. The molecule has 0 spiro atoms. The van der Waals surface area contributed by atoms with Gasteiger partial charge in [-0.1, -0.05) is 72.8 Å². The van der Waals surface area contributed by atoms with E-state index in [2.05, 4.69) is 22.3 Å². The van der Waals surface area contributed by atoms with Gasteiger partial charge in [-0.25, -0.2) is 0 Å². The molecule has 3 atom stereocenters. The van der Waals surface area contributed by atoms with Gasteiger partial charge in [0.1, 0.15) is 0 Å². The molecule has 9 heteroatoms. The van der Waals surface area contributed by atoms with Crippen LogP contribution in [0, 0.1) is 0 Å². The van der Waals surface area contributed by atoms with E-state index in [9.17, 15) is 14.7 Å². The summed E-state index contributed by atoms with van der Waals surface area (Å²) in [6, 6.07) is 24.1. The number of carboxylic acid groups (broad SMARTS) is 1. The molecule has 1 amide bonds. The largest absolute Gasteiger partial charge is 0.481 e. The summed E-state index contributed by atoms with van der Waals surface area (Å²) in [5.74, 6) is -0.924. The third-order valence-corrected chi connectivity index (χ3v) is 8.21. The van der Waals surface area contributed by atoms with Crippen LogP contribution in [0.15, 0.2) is 72.8 Å². The van der Waals surface area contributed by atoms with Crippen molar-refractivity contribution < 1.29 is 34.0 Å². The van der Waals surface area contributed by atoms with Crippen LogP contribution in [0.3, 0.4) is 0 Å². The van der Waals surface area contributed by atoms with Crippen molar-refractivity contribution in [2.45, 2.75) is 63.8 Å². The summed E-state index contributed by atoms with van der Waals surface area (Å²) in [6.45, 7) is 4.46. The number of nitrogens with one attached hydrogen (secondary N) is 1. The van der Waals surface area contributed by atoms with E-state index >= 15 is 0 Å². The van der Waals surface area contributed by atoms with Crippen LogP contribution in [0.5, 0.6) is 0 Å². The maximum absolute atomic E-state index is 12.3. The highest BCUT2D eigenvalue weighted by atomic mass is 16.7. The molecule has 2 fully saturated rings. The molecule has 9 nitrogen and oxygen atoms in total. The summed E-state index contributed by atoms with van der Waals surface area (Å²) in [5, 5.41) is 21.2. The van der Waals surface area contributed by atoms with E-state index < -0.39 is 12.3 Å². The number of unbranched alkanes of at least 4 members (excludes halogenated alkanes) is 1. The van der Waals surface area contributed by atoms with Crippen LogP contribution in [0.4, 0.5) is 0 Å². The Hall–Kier alpha value is -3.60. The molecule has 234 valence electrons. The fourth-order valence-electron chi connectivity index (χ4n) is 5.72. The molecule has 0 aromatic heterocycles. The second kappa shape index (κ2) is 15.9. The third-order valence-electron chi connectivity index (χ3n) is 8.21. The van der Waals surface area contributed by atoms with Gasteiger partial charge in [0.25, 0.3) is 0 Å². The number of carboxylic acids is 1. The normalized spacial score (nSPS) is 20.7. The standard InChI is InChI=1S/C35H42N2O7/c38-24-25-9-11-27(12-10-25)32-21-30(23-37-17-19-42-20-18-37)43-35(44-32)28-15-13-26(14-16-28)31-6-2-1-5-29(31)22-36-33(39)7-3-4-8-34(40)41/h1-2,5-6,9-16,30,32,35,38H,3-4,7-8,17-24H2,(H,36,39)(H,40,41)/t30-,32+,35+/m0/s1. The van der Waals surface area contributed by atoms with Crippen molar-refractivity contribution in [1.82, 2.24) is 10.2 Å². The molecular weight excluding hydrogens is 560 g/mol. The number of ether oxygens (including phenoxy) is 3. The van der Waals surface area contributed by atoms with Gasteiger partial charge in [-0.05, 0) is 40.7 Å². The number of aliphatic hydroxyl groups is 1. The van der Waals surface area contributed by atoms with Crippen molar-refractivity contribution in [3.8, 4) is 11.1 Å². The Morgan fingerprint density at radius 3 is 2.30 bits per heavy atom. The molecule has 2 aliphatic heterocycles. The zero-order valence-corrected chi connectivity index (χ0v) is 25.0. The van der Waals surface area contributed by atoms with Crippen LogP contribution in [-0.4, -0.2) is 65.9 Å². The van der Waals surface area contributed by atoms with Crippen molar-refractivity contribution in [3.05, 3.63) is 95.1 Å². The number of benzene rings is 3. The average molecular weight is 603 g/mol. The first kappa shape index (κ1) is 31.8. The lowest BCUT2D eigenvalue weighted by molar-refractivity contribution is -0.253. The van der Waals surface area contributed by atoms with E-state index in [1.807, 2.05) is 60.7 Å². The minimum atomic E-state index is -0.840. The zero-order chi connectivity index (χ0) is 30.7. The van der Waals surface area contributed by atoms with E-state index in [1.54, 1.807) is 0 Å². The second-order valence-electron chi connectivity index (χ2n) is 11.4. The predicted molar refractivity (Wildman–Crippen MR) is 166 cm³/mol. The number of amides is 1. The number of morpholine rings is 1. The molecule has 44 heavy (non-hydrogen) atoms. The molecule has 2 saturated heterocycles. The molecule has 2 aliphatic rings. The molecule has 3 N–H and O–H groups in total. The second-order valence-corrected chi connectivity index (χ2v) is 11.4. The molecule has 2 heterocycles. The van der Waals surface area contributed by atoms with E-state index in [0.717, 1.165) is 72.6 Å². The maximum atomic E-state index is 12.3. The lowest BCUT2D eigenvalue weighted by Crippen LogP contribution is -2.44. The lowest BCUT2D eigenvalue weighted by atomic mass is 9.97. The monoisotopic (exact) mass is 602 g/mol. The highest BCUT2D eigenvalue weighted by Gasteiger charge is 2.33. The first-order chi connectivity index (χ1) is 21.5. The molecule has 0 saturated carbocycles.